The van der Waals surface area contributed by atoms with Crippen molar-refractivity contribution in [3.63, 3.8) is 0 Å². The van der Waals surface area contributed by atoms with Gasteiger partial charge in [0.15, 0.2) is 0 Å². The molecule has 2 nitrogen and oxygen atoms in total. The Kier molecular flexibility index (Phi) is 7.11. The third kappa shape index (κ3) is 5.23. The van der Waals surface area contributed by atoms with Crippen molar-refractivity contribution in [2.45, 2.75) is 58.5 Å². The monoisotopic (exact) mass is 490 g/mol. The minimum atomic E-state index is -0.252. The molecule has 0 saturated heterocycles. The van der Waals surface area contributed by atoms with Crippen LogP contribution in [0.15, 0.2) is 48.5 Å². The standard InChI is InChI=1S/C31H35FO2S/c1-19(18-35-4)17-33-25-15-20(2)30(21(3)16-25)26-11-13-28(32)31-27(26)12-14-29(31)34-24-9-7-23(8-10-24)22-5-6-22/h7-11,13,15-16,19,22,29H,5-6,12,14,17-18H2,1-4H3. The van der Waals surface area contributed by atoms with E-state index in [1.165, 1.54) is 24.0 Å². The fraction of sp³-hybridized carbons (Fsp3) is 0.419. The molecule has 0 spiro atoms. The summed E-state index contributed by atoms with van der Waals surface area (Å²) in [5, 5.41) is 0. The average Bonchev–Trinajstić information content (AvgIpc) is 3.60. The molecule has 0 heterocycles. The molecule has 2 atom stereocenters. The van der Waals surface area contributed by atoms with Gasteiger partial charge in [-0.25, -0.2) is 4.39 Å². The molecular formula is C31H35FO2S. The second-order valence-electron chi connectivity index (χ2n) is 10.3. The molecule has 2 unspecified atom stereocenters. The predicted octanol–water partition coefficient (Wildman–Crippen LogP) is 8.43. The van der Waals surface area contributed by atoms with Gasteiger partial charge in [0.1, 0.15) is 23.4 Å². The zero-order valence-corrected chi connectivity index (χ0v) is 22.0. The van der Waals surface area contributed by atoms with Gasteiger partial charge in [-0.1, -0.05) is 25.1 Å². The highest BCUT2D eigenvalue weighted by atomic mass is 32.2. The average molecular weight is 491 g/mol. The molecule has 1 saturated carbocycles. The molecule has 184 valence electrons. The van der Waals surface area contributed by atoms with Crippen molar-refractivity contribution in [2.75, 3.05) is 18.6 Å². The van der Waals surface area contributed by atoms with E-state index in [4.69, 9.17) is 9.47 Å². The first-order valence-electron chi connectivity index (χ1n) is 12.8. The normalized spacial score (nSPS) is 17.8. The summed E-state index contributed by atoms with van der Waals surface area (Å²) in [4.78, 5) is 0. The minimum Gasteiger partial charge on any atom is -0.493 e. The van der Waals surface area contributed by atoms with Gasteiger partial charge in [0.2, 0.25) is 0 Å². The van der Waals surface area contributed by atoms with Crippen molar-refractivity contribution in [1.29, 1.82) is 0 Å². The van der Waals surface area contributed by atoms with E-state index in [9.17, 15) is 0 Å². The molecule has 0 amide bonds. The third-order valence-corrected chi connectivity index (χ3v) is 8.15. The topological polar surface area (TPSA) is 18.5 Å². The fourth-order valence-corrected chi connectivity index (χ4v) is 6.09. The largest absolute Gasteiger partial charge is 0.493 e. The lowest BCUT2D eigenvalue weighted by molar-refractivity contribution is 0.203. The third-order valence-electron chi connectivity index (χ3n) is 7.25. The van der Waals surface area contributed by atoms with Crippen LogP contribution in [0.1, 0.15) is 66.0 Å². The fourth-order valence-electron chi connectivity index (χ4n) is 5.43. The second kappa shape index (κ2) is 10.3. The Balaban J connectivity index is 1.39. The van der Waals surface area contributed by atoms with Crippen LogP contribution in [0.4, 0.5) is 4.39 Å². The molecule has 3 aromatic carbocycles. The van der Waals surface area contributed by atoms with Gasteiger partial charge in [0, 0.05) is 5.56 Å². The Hall–Kier alpha value is -2.46. The Labute approximate surface area is 213 Å². The number of hydrogen-bond donors (Lipinski definition) is 0. The molecule has 4 heteroatoms. The van der Waals surface area contributed by atoms with Crippen molar-refractivity contribution in [3.8, 4) is 22.6 Å². The maximum atomic E-state index is 15.1. The Morgan fingerprint density at radius 1 is 0.971 bits per heavy atom. The Morgan fingerprint density at radius 2 is 1.69 bits per heavy atom. The molecule has 3 aromatic rings. The molecule has 2 aliphatic rings. The van der Waals surface area contributed by atoms with Crippen LogP contribution >= 0.6 is 11.8 Å². The van der Waals surface area contributed by atoms with Crippen LogP contribution in [0.2, 0.25) is 0 Å². The second-order valence-corrected chi connectivity index (χ2v) is 11.2. The minimum absolute atomic E-state index is 0.168. The lowest BCUT2D eigenvalue weighted by Crippen LogP contribution is -2.11. The van der Waals surface area contributed by atoms with E-state index in [1.807, 2.05) is 30.0 Å². The van der Waals surface area contributed by atoms with Crippen LogP contribution < -0.4 is 9.47 Å². The van der Waals surface area contributed by atoms with Crippen LogP contribution in [0, 0.1) is 25.6 Å². The highest BCUT2D eigenvalue weighted by molar-refractivity contribution is 7.98. The zero-order chi connectivity index (χ0) is 24.5. The molecule has 0 aliphatic heterocycles. The zero-order valence-electron chi connectivity index (χ0n) is 21.2. The molecule has 5 rings (SSSR count). The first-order chi connectivity index (χ1) is 16.9. The van der Waals surface area contributed by atoms with Crippen molar-refractivity contribution in [2.24, 2.45) is 5.92 Å². The van der Waals surface area contributed by atoms with Crippen LogP contribution in [0.25, 0.3) is 11.1 Å². The SMILES string of the molecule is CSCC(C)COc1cc(C)c(-c2ccc(F)c3c2CCC3Oc2ccc(C3CC3)cc2)c(C)c1. The number of thioether (sulfide) groups is 1. The molecular weight excluding hydrogens is 455 g/mol. The van der Waals surface area contributed by atoms with Crippen molar-refractivity contribution >= 4 is 11.8 Å². The van der Waals surface area contributed by atoms with E-state index in [0.29, 0.717) is 12.5 Å². The number of hydrogen-bond acceptors (Lipinski definition) is 3. The summed E-state index contributed by atoms with van der Waals surface area (Å²) in [6.45, 7) is 7.18. The van der Waals surface area contributed by atoms with Gasteiger partial charge in [0.25, 0.3) is 0 Å². The molecule has 0 aromatic heterocycles. The van der Waals surface area contributed by atoms with Gasteiger partial charge < -0.3 is 9.47 Å². The van der Waals surface area contributed by atoms with Crippen molar-refractivity contribution in [3.05, 3.63) is 82.2 Å². The Bertz CT molecular complexity index is 1180. The van der Waals surface area contributed by atoms with E-state index < -0.39 is 0 Å². The molecule has 0 radical (unpaired) electrons. The smallest absolute Gasteiger partial charge is 0.130 e. The van der Waals surface area contributed by atoms with Crippen LogP contribution in [0.5, 0.6) is 11.5 Å². The summed E-state index contributed by atoms with van der Waals surface area (Å²) >= 11 is 1.85. The highest BCUT2D eigenvalue weighted by Crippen LogP contribution is 2.44. The number of aryl methyl sites for hydroxylation is 2. The molecule has 2 aliphatic carbocycles. The van der Waals surface area contributed by atoms with Gasteiger partial charge in [-0.05, 0) is 127 Å². The van der Waals surface area contributed by atoms with E-state index in [1.54, 1.807) is 6.07 Å². The number of rotatable bonds is 9. The highest BCUT2D eigenvalue weighted by Gasteiger charge is 2.31. The molecule has 0 N–H and O–H groups in total. The van der Waals surface area contributed by atoms with E-state index in [0.717, 1.165) is 63.8 Å². The lowest BCUT2D eigenvalue weighted by atomic mass is 9.90. The first-order valence-corrected chi connectivity index (χ1v) is 14.1. The summed E-state index contributed by atoms with van der Waals surface area (Å²) in [6, 6.07) is 16.2. The van der Waals surface area contributed by atoms with E-state index in [-0.39, 0.29) is 11.9 Å². The van der Waals surface area contributed by atoms with Gasteiger partial charge in [-0.15, -0.1) is 0 Å². The van der Waals surface area contributed by atoms with Crippen LogP contribution in [-0.2, 0) is 6.42 Å². The summed E-state index contributed by atoms with van der Waals surface area (Å²) < 4.78 is 27.5. The summed E-state index contributed by atoms with van der Waals surface area (Å²) in [5.41, 5.74) is 7.80. The molecule has 0 bridgehead atoms. The number of benzene rings is 3. The summed E-state index contributed by atoms with van der Waals surface area (Å²) in [6.07, 6.45) is 6.05. The van der Waals surface area contributed by atoms with E-state index in [2.05, 4.69) is 51.3 Å². The molecule has 1 fully saturated rings. The quantitative estimate of drug-likeness (QED) is 0.300. The van der Waals surface area contributed by atoms with Gasteiger partial charge >= 0.3 is 0 Å². The Morgan fingerprint density at radius 3 is 2.34 bits per heavy atom. The predicted molar refractivity (Wildman–Crippen MR) is 144 cm³/mol. The van der Waals surface area contributed by atoms with Crippen LogP contribution in [0.3, 0.4) is 0 Å². The first kappa shape index (κ1) is 24.2. The van der Waals surface area contributed by atoms with Crippen molar-refractivity contribution in [1.82, 2.24) is 0 Å². The summed E-state index contributed by atoms with van der Waals surface area (Å²) in [7, 11) is 0. The maximum Gasteiger partial charge on any atom is 0.130 e. The number of ether oxygens (including phenoxy) is 2. The lowest BCUT2D eigenvalue weighted by Gasteiger charge is -2.19. The number of halogens is 1. The van der Waals surface area contributed by atoms with Crippen LogP contribution in [-0.4, -0.2) is 18.6 Å². The maximum absolute atomic E-state index is 15.1. The molecule has 35 heavy (non-hydrogen) atoms. The van der Waals surface area contributed by atoms with Crippen molar-refractivity contribution < 1.29 is 13.9 Å². The van der Waals surface area contributed by atoms with Gasteiger partial charge in [-0.3, -0.25) is 0 Å². The van der Waals surface area contributed by atoms with Gasteiger partial charge in [0.05, 0.1) is 6.61 Å². The summed E-state index contributed by atoms with van der Waals surface area (Å²) in [5.74, 6) is 3.88. The number of fused-ring (bicyclic) bond motifs is 1. The van der Waals surface area contributed by atoms with E-state index >= 15 is 4.39 Å². The van der Waals surface area contributed by atoms with Gasteiger partial charge in [-0.2, -0.15) is 11.8 Å².